The molecule has 1 aliphatic rings. The molecule has 1 saturated carbocycles. The van der Waals surface area contributed by atoms with Crippen molar-refractivity contribution in [1.82, 2.24) is 14.9 Å². The van der Waals surface area contributed by atoms with E-state index in [1.807, 2.05) is 6.92 Å². The molecule has 1 fully saturated rings. The monoisotopic (exact) mass is 255 g/mol. The highest BCUT2D eigenvalue weighted by Crippen LogP contribution is 2.42. The predicted octanol–water partition coefficient (Wildman–Crippen LogP) is 1.47. The molecule has 0 aliphatic heterocycles. The number of carbonyl (C=O) groups is 1. The van der Waals surface area contributed by atoms with Crippen LogP contribution in [0.15, 0.2) is 6.20 Å². The molecule has 17 heavy (non-hydrogen) atoms. The normalized spacial score (nSPS) is 26.3. The maximum absolute atomic E-state index is 11.8. The minimum Gasteiger partial charge on any atom is -0.378 e. The summed E-state index contributed by atoms with van der Waals surface area (Å²) in [6.45, 7) is 6.94. The zero-order valence-corrected chi connectivity index (χ0v) is 11.1. The number of nitrogens with one attached hydrogen (secondary N) is 1. The summed E-state index contributed by atoms with van der Waals surface area (Å²) in [5.74, 6) is -0.0898. The van der Waals surface area contributed by atoms with E-state index in [1.54, 1.807) is 0 Å². The molecule has 1 amide bonds. The second-order valence-electron chi connectivity index (χ2n) is 4.81. The van der Waals surface area contributed by atoms with Crippen molar-refractivity contribution < 1.29 is 9.53 Å². The third-order valence-electron chi connectivity index (χ3n) is 3.44. The number of amides is 1. The van der Waals surface area contributed by atoms with Crippen molar-refractivity contribution in [2.24, 2.45) is 5.41 Å². The zero-order valence-electron chi connectivity index (χ0n) is 10.3. The van der Waals surface area contributed by atoms with Crippen LogP contribution in [0.5, 0.6) is 0 Å². The molecule has 5 nitrogen and oxygen atoms in total. The largest absolute Gasteiger partial charge is 0.378 e. The van der Waals surface area contributed by atoms with Gasteiger partial charge < -0.3 is 10.1 Å². The molecule has 0 radical (unpaired) electrons. The lowest BCUT2D eigenvalue weighted by Crippen LogP contribution is -2.62. The van der Waals surface area contributed by atoms with Gasteiger partial charge in [0.25, 0.3) is 5.91 Å². The molecular formula is C11H17N3O2S. The highest BCUT2D eigenvalue weighted by atomic mass is 32.1. The third kappa shape index (κ3) is 2.32. The van der Waals surface area contributed by atoms with Gasteiger partial charge in [0.15, 0.2) is 0 Å². The van der Waals surface area contributed by atoms with Crippen molar-refractivity contribution in [3.63, 3.8) is 0 Å². The second-order valence-corrected chi connectivity index (χ2v) is 5.59. The van der Waals surface area contributed by atoms with Crippen molar-refractivity contribution >= 4 is 17.4 Å². The summed E-state index contributed by atoms with van der Waals surface area (Å²) < 4.78 is 9.30. The van der Waals surface area contributed by atoms with Crippen LogP contribution in [0.3, 0.4) is 0 Å². The van der Waals surface area contributed by atoms with E-state index >= 15 is 0 Å². The van der Waals surface area contributed by atoms with Gasteiger partial charge in [0.1, 0.15) is 4.88 Å². The maximum atomic E-state index is 11.8. The Kier molecular flexibility index (Phi) is 3.44. The molecule has 0 spiro atoms. The van der Waals surface area contributed by atoms with E-state index in [2.05, 4.69) is 28.8 Å². The van der Waals surface area contributed by atoms with Gasteiger partial charge in [-0.2, -0.15) is 0 Å². The quantitative estimate of drug-likeness (QED) is 0.885. The molecular weight excluding hydrogens is 238 g/mol. The molecule has 1 heterocycles. The first-order valence-electron chi connectivity index (χ1n) is 5.75. The van der Waals surface area contributed by atoms with Crippen LogP contribution in [0.4, 0.5) is 0 Å². The number of carbonyl (C=O) groups excluding carboxylic acids is 1. The highest BCUT2D eigenvalue weighted by Gasteiger charge is 2.49. The van der Waals surface area contributed by atoms with E-state index < -0.39 is 0 Å². The van der Waals surface area contributed by atoms with Gasteiger partial charge in [0.05, 0.1) is 12.3 Å². The van der Waals surface area contributed by atoms with Gasteiger partial charge in [0.2, 0.25) is 0 Å². The number of nitrogens with zero attached hydrogens (tertiary/aromatic N) is 2. The smallest absolute Gasteiger partial charge is 0.264 e. The average Bonchev–Trinajstić information content (AvgIpc) is 2.81. The van der Waals surface area contributed by atoms with Crippen LogP contribution in [-0.2, 0) is 4.74 Å². The standard InChI is InChI=1S/C11H17N3O2S/c1-4-16-9-5-8(11(9,2)3)13-10(15)7-6-12-14-17-7/h6,8-9H,4-5H2,1-3H3,(H,13,15)/t8-,9+/m0/s1. The molecule has 0 saturated heterocycles. The average molecular weight is 255 g/mol. The topological polar surface area (TPSA) is 64.1 Å². The number of hydrogen-bond donors (Lipinski definition) is 1. The Morgan fingerprint density at radius 1 is 1.71 bits per heavy atom. The zero-order chi connectivity index (χ0) is 12.5. The van der Waals surface area contributed by atoms with Gasteiger partial charge in [-0.15, -0.1) is 5.10 Å². The minimum absolute atomic E-state index is 0.0101. The van der Waals surface area contributed by atoms with Crippen LogP contribution in [0, 0.1) is 5.41 Å². The van der Waals surface area contributed by atoms with E-state index in [9.17, 15) is 4.79 Å². The number of hydrogen-bond acceptors (Lipinski definition) is 5. The van der Waals surface area contributed by atoms with Crippen LogP contribution >= 0.6 is 11.5 Å². The van der Waals surface area contributed by atoms with E-state index in [4.69, 9.17) is 4.74 Å². The first kappa shape index (κ1) is 12.4. The molecule has 2 rings (SSSR count). The lowest BCUT2D eigenvalue weighted by molar-refractivity contribution is -0.111. The first-order valence-corrected chi connectivity index (χ1v) is 6.53. The Morgan fingerprint density at radius 2 is 2.47 bits per heavy atom. The van der Waals surface area contributed by atoms with E-state index in [0.29, 0.717) is 11.5 Å². The lowest BCUT2D eigenvalue weighted by Gasteiger charge is -2.51. The summed E-state index contributed by atoms with van der Waals surface area (Å²) >= 11 is 1.11. The summed E-state index contributed by atoms with van der Waals surface area (Å²) in [5, 5.41) is 6.67. The molecule has 1 aromatic heterocycles. The molecule has 0 aromatic carbocycles. The van der Waals surface area contributed by atoms with Gasteiger partial charge in [-0.3, -0.25) is 4.79 Å². The van der Waals surface area contributed by atoms with Crippen LogP contribution in [0.25, 0.3) is 0 Å². The molecule has 94 valence electrons. The Balaban J connectivity index is 1.92. The van der Waals surface area contributed by atoms with Crippen molar-refractivity contribution in [2.75, 3.05) is 6.61 Å². The van der Waals surface area contributed by atoms with Crippen molar-refractivity contribution in [1.29, 1.82) is 0 Å². The van der Waals surface area contributed by atoms with Crippen LogP contribution < -0.4 is 5.32 Å². The van der Waals surface area contributed by atoms with E-state index in [1.165, 1.54) is 6.20 Å². The Bertz CT molecular complexity index is 391. The fraction of sp³-hybridized carbons (Fsp3) is 0.727. The summed E-state index contributed by atoms with van der Waals surface area (Å²) in [7, 11) is 0. The molecule has 6 heteroatoms. The summed E-state index contributed by atoms with van der Waals surface area (Å²) in [6, 6.07) is 0.161. The molecule has 1 N–H and O–H groups in total. The van der Waals surface area contributed by atoms with E-state index in [0.717, 1.165) is 18.0 Å². The number of aromatic nitrogens is 2. The molecule has 2 atom stereocenters. The first-order chi connectivity index (χ1) is 8.05. The highest BCUT2D eigenvalue weighted by molar-refractivity contribution is 7.07. The number of rotatable bonds is 4. The van der Waals surface area contributed by atoms with Gasteiger partial charge in [-0.1, -0.05) is 18.3 Å². The third-order valence-corrected chi connectivity index (χ3v) is 4.10. The summed E-state index contributed by atoms with van der Waals surface area (Å²) in [6.07, 6.45) is 2.60. The fourth-order valence-electron chi connectivity index (χ4n) is 2.11. The summed E-state index contributed by atoms with van der Waals surface area (Å²) in [4.78, 5) is 12.4. The van der Waals surface area contributed by atoms with Crippen LogP contribution in [0.1, 0.15) is 36.9 Å². The van der Waals surface area contributed by atoms with Crippen molar-refractivity contribution in [2.45, 2.75) is 39.3 Å². The van der Waals surface area contributed by atoms with Gasteiger partial charge >= 0.3 is 0 Å². The molecule has 0 bridgehead atoms. The second kappa shape index (κ2) is 4.70. The molecule has 1 aromatic rings. The summed E-state index contributed by atoms with van der Waals surface area (Å²) in [5.41, 5.74) is -0.0101. The Hall–Kier alpha value is -1.01. The van der Waals surface area contributed by atoms with E-state index in [-0.39, 0.29) is 23.5 Å². The fourth-order valence-corrected chi connectivity index (χ4v) is 2.53. The Labute approximate surface area is 105 Å². The van der Waals surface area contributed by atoms with Crippen molar-refractivity contribution in [3.8, 4) is 0 Å². The van der Waals surface area contributed by atoms with Gasteiger partial charge in [0, 0.05) is 18.1 Å². The maximum Gasteiger partial charge on any atom is 0.264 e. The van der Waals surface area contributed by atoms with Crippen molar-refractivity contribution in [3.05, 3.63) is 11.1 Å². The van der Waals surface area contributed by atoms with Gasteiger partial charge in [-0.05, 0) is 24.9 Å². The van der Waals surface area contributed by atoms with Crippen LogP contribution in [-0.4, -0.2) is 34.2 Å². The van der Waals surface area contributed by atoms with Crippen LogP contribution in [0.2, 0.25) is 0 Å². The minimum atomic E-state index is -0.0898. The molecule has 0 unspecified atom stereocenters. The predicted molar refractivity (Wildman–Crippen MR) is 65.0 cm³/mol. The number of ether oxygens (including phenoxy) is 1. The SMILES string of the molecule is CCO[C@@H]1C[C@H](NC(=O)c2cnns2)C1(C)C. The molecule has 1 aliphatic carbocycles. The lowest BCUT2D eigenvalue weighted by atomic mass is 9.64. The van der Waals surface area contributed by atoms with Gasteiger partial charge in [-0.25, -0.2) is 0 Å². The Morgan fingerprint density at radius 3 is 3.00 bits per heavy atom.